The first kappa shape index (κ1) is 25.7. The van der Waals surface area contributed by atoms with Gasteiger partial charge >= 0.3 is 5.97 Å². The molecule has 5 aliphatic rings. The molecule has 35 heavy (non-hydrogen) atoms. The van der Waals surface area contributed by atoms with E-state index in [1.165, 1.54) is 32.6 Å². The Bertz CT molecular complexity index is 869. The summed E-state index contributed by atoms with van der Waals surface area (Å²) in [7, 11) is 0. The van der Waals surface area contributed by atoms with Crippen LogP contribution in [0.15, 0.2) is 0 Å². The van der Waals surface area contributed by atoms with Crippen LogP contribution in [0.5, 0.6) is 0 Å². The first-order valence-electron chi connectivity index (χ1n) is 14.4. The van der Waals surface area contributed by atoms with Crippen LogP contribution in [0, 0.1) is 52.3 Å². The fourth-order valence-electron chi connectivity index (χ4n) is 9.93. The summed E-state index contributed by atoms with van der Waals surface area (Å²) in [6.07, 6.45) is 6.63. The van der Waals surface area contributed by atoms with Crippen molar-refractivity contribution >= 4 is 11.8 Å². The Hall–Kier alpha value is -0.940. The van der Waals surface area contributed by atoms with E-state index < -0.39 is 17.1 Å². The quantitative estimate of drug-likeness (QED) is 0.391. The van der Waals surface area contributed by atoms with Crippen molar-refractivity contribution < 1.29 is 24.2 Å². The van der Waals surface area contributed by atoms with Crippen molar-refractivity contribution in [2.45, 2.75) is 124 Å². The number of hydrogen-bond acceptors (Lipinski definition) is 5. The summed E-state index contributed by atoms with van der Waals surface area (Å²) >= 11 is 0. The summed E-state index contributed by atoms with van der Waals surface area (Å²) in [5.74, 6) is 3.42. The van der Waals surface area contributed by atoms with Crippen LogP contribution in [0.3, 0.4) is 0 Å². The molecule has 0 aromatic heterocycles. The highest BCUT2D eigenvalue weighted by Gasteiger charge is 2.80. The molecule has 5 rings (SSSR count). The number of esters is 1. The molecular weight excluding hydrogens is 440 g/mol. The number of ether oxygens (including phenoxy) is 2. The highest BCUT2D eigenvalue weighted by Crippen LogP contribution is 2.74. The van der Waals surface area contributed by atoms with E-state index in [0.717, 1.165) is 18.8 Å². The number of aliphatic hydroxyl groups excluding tert-OH is 1. The van der Waals surface area contributed by atoms with Crippen molar-refractivity contribution in [2.24, 2.45) is 52.3 Å². The lowest BCUT2D eigenvalue weighted by atomic mass is 9.43. The minimum absolute atomic E-state index is 0.0155. The van der Waals surface area contributed by atoms with Gasteiger partial charge in [0.05, 0.1) is 17.6 Å². The molecule has 5 nitrogen and oxygen atoms in total. The molecular formula is C30H48O5. The molecule has 0 amide bonds. The molecule has 4 aliphatic carbocycles. The van der Waals surface area contributed by atoms with Gasteiger partial charge < -0.3 is 14.6 Å². The number of ketones is 1. The first-order chi connectivity index (χ1) is 16.3. The zero-order valence-corrected chi connectivity index (χ0v) is 23.0. The molecule has 0 bridgehead atoms. The van der Waals surface area contributed by atoms with Crippen LogP contribution < -0.4 is 0 Å². The van der Waals surface area contributed by atoms with Gasteiger partial charge in [-0.05, 0) is 73.5 Å². The Balaban J connectivity index is 1.46. The summed E-state index contributed by atoms with van der Waals surface area (Å²) < 4.78 is 12.5. The molecule has 1 spiro atoms. The second-order valence-corrected chi connectivity index (χ2v) is 14.0. The number of Topliss-reactive ketones (excluding diaryl/α,β-unsaturated/α-hetero) is 1. The number of carbonyl (C=O) groups is 2. The molecule has 12 atom stereocenters. The lowest BCUT2D eigenvalue weighted by Gasteiger charge is -2.60. The van der Waals surface area contributed by atoms with E-state index in [0.29, 0.717) is 36.0 Å². The molecule has 0 aromatic carbocycles. The Kier molecular flexibility index (Phi) is 6.27. The van der Waals surface area contributed by atoms with Gasteiger partial charge in [-0.3, -0.25) is 9.59 Å². The maximum Gasteiger partial charge on any atom is 0.302 e. The smallest absolute Gasteiger partial charge is 0.302 e. The minimum Gasteiger partial charge on any atom is -0.462 e. The third-order valence-corrected chi connectivity index (χ3v) is 12.1. The lowest BCUT2D eigenvalue weighted by Crippen LogP contribution is -2.66. The first-order valence-corrected chi connectivity index (χ1v) is 14.4. The summed E-state index contributed by atoms with van der Waals surface area (Å²) in [5.41, 5.74) is -1.13. The van der Waals surface area contributed by atoms with Crippen LogP contribution in [-0.4, -0.2) is 40.8 Å². The molecule has 5 fully saturated rings. The van der Waals surface area contributed by atoms with Gasteiger partial charge in [0.2, 0.25) is 0 Å². The van der Waals surface area contributed by atoms with Crippen LogP contribution in [0.25, 0.3) is 0 Å². The number of fused-ring (bicyclic) bond motifs is 4. The van der Waals surface area contributed by atoms with Gasteiger partial charge in [0, 0.05) is 25.7 Å². The number of carbonyl (C=O) groups excluding carboxylic acids is 2. The van der Waals surface area contributed by atoms with Crippen LogP contribution in [-0.2, 0) is 19.1 Å². The lowest BCUT2D eigenvalue weighted by molar-refractivity contribution is -0.194. The molecule has 5 heteroatoms. The predicted octanol–water partition coefficient (Wildman–Crippen LogP) is 5.57. The van der Waals surface area contributed by atoms with Crippen LogP contribution >= 0.6 is 0 Å². The van der Waals surface area contributed by atoms with Crippen LogP contribution in [0.4, 0.5) is 0 Å². The second kappa shape index (κ2) is 8.55. The fraction of sp³-hybridized carbons (Fsp3) is 0.933. The average Bonchev–Trinajstić information content (AvgIpc) is 3.34. The highest BCUT2D eigenvalue weighted by molar-refractivity contribution is 5.89. The summed E-state index contributed by atoms with van der Waals surface area (Å²) in [6, 6.07) is 0. The van der Waals surface area contributed by atoms with Crippen molar-refractivity contribution in [1.29, 1.82) is 0 Å². The Labute approximate surface area is 212 Å². The molecule has 0 radical (unpaired) electrons. The second-order valence-electron chi connectivity index (χ2n) is 14.0. The molecule has 0 aromatic rings. The SMILES string of the molecule is CC(=O)O[C@@H]1C[C@]2(C)[C@@H]([C@H](C)CC[C@H](C)C(C)C)CC[C@H]2[C@@H]2C[C@H]3O[C@]34C[C@H](O)CC(=O)[C@]4(C)[C@H]21. The zero-order chi connectivity index (χ0) is 25.5. The third kappa shape index (κ3) is 3.68. The van der Waals surface area contributed by atoms with Gasteiger partial charge in [0.25, 0.3) is 0 Å². The maximum atomic E-state index is 13.6. The van der Waals surface area contributed by atoms with E-state index in [1.807, 2.05) is 0 Å². The van der Waals surface area contributed by atoms with Gasteiger partial charge in [0.15, 0.2) is 0 Å². The summed E-state index contributed by atoms with van der Waals surface area (Å²) in [4.78, 5) is 26.0. The van der Waals surface area contributed by atoms with Gasteiger partial charge in [0.1, 0.15) is 17.5 Å². The number of hydrogen-bond donors (Lipinski definition) is 1. The van der Waals surface area contributed by atoms with E-state index in [9.17, 15) is 14.7 Å². The molecule has 1 aliphatic heterocycles. The molecule has 198 valence electrons. The molecule has 1 heterocycles. The van der Waals surface area contributed by atoms with E-state index in [1.54, 1.807) is 0 Å². The van der Waals surface area contributed by atoms with Crippen LogP contribution in [0.1, 0.15) is 99.8 Å². The standard InChI is InChI=1S/C30H48O5/c1-16(2)17(3)8-9-18(4)22-10-11-23-21-13-26-30(35-26)14-20(32)12-25(33)29(30,7)27(21)24(34-19(5)31)15-28(22,23)6/h16-18,20-24,26-27,32H,8-15H2,1-7H3/t17-,18+,20+,21-,22+,23-,24+,26+,27+,28+,29+,30+/m0/s1. The minimum atomic E-state index is -0.683. The Morgan fingerprint density at radius 2 is 1.86 bits per heavy atom. The van der Waals surface area contributed by atoms with Crippen molar-refractivity contribution in [3.05, 3.63) is 0 Å². The average molecular weight is 489 g/mol. The normalized spacial score (nSPS) is 50.0. The van der Waals surface area contributed by atoms with Gasteiger partial charge in [-0.15, -0.1) is 0 Å². The van der Waals surface area contributed by atoms with Crippen molar-refractivity contribution in [3.8, 4) is 0 Å². The number of epoxide rings is 1. The molecule has 4 saturated carbocycles. The molecule has 0 unspecified atom stereocenters. The fourth-order valence-corrected chi connectivity index (χ4v) is 9.93. The van der Waals surface area contributed by atoms with E-state index >= 15 is 0 Å². The van der Waals surface area contributed by atoms with Gasteiger partial charge in [-0.1, -0.05) is 47.5 Å². The number of rotatable bonds is 6. The summed E-state index contributed by atoms with van der Waals surface area (Å²) in [6.45, 7) is 15.5. The van der Waals surface area contributed by atoms with E-state index in [-0.39, 0.29) is 41.7 Å². The zero-order valence-electron chi connectivity index (χ0n) is 23.0. The van der Waals surface area contributed by atoms with Crippen molar-refractivity contribution in [3.63, 3.8) is 0 Å². The van der Waals surface area contributed by atoms with E-state index in [2.05, 4.69) is 41.5 Å². The van der Waals surface area contributed by atoms with Gasteiger partial charge in [-0.2, -0.15) is 0 Å². The topological polar surface area (TPSA) is 76.1 Å². The van der Waals surface area contributed by atoms with Crippen molar-refractivity contribution in [2.75, 3.05) is 0 Å². The molecule has 1 N–H and O–H groups in total. The van der Waals surface area contributed by atoms with E-state index in [4.69, 9.17) is 9.47 Å². The maximum absolute atomic E-state index is 13.6. The number of aliphatic hydroxyl groups is 1. The monoisotopic (exact) mass is 488 g/mol. The predicted molar refractivity (Wildman–Crippen MR) is 134 cm³/mol. The summed E-state index contributed by atoms with van der Waals surface area (Å²) in [5, 5.41) is 10.5. The Morgan fingerprint density at radius 3 is 2.51 bits per heavy atom. The largest absolute Gasteiger partial charge is 0.462 e. The highest BCUT2D eigenvalue weighted by atomic mass is 16.6. The third-order valence-electron chi connectivity index (χ3n) is 12.1. The van der Waals surface area contributed by atoms with Gasteiger partial charge in [-0.25, -0.2) is 0 Å². The Morgan fingerprint density at radius 1 is 1.14 bits per heavy atom. The van der Waals surface area contributed by atoms with Crippen molar-refractivity contribution in [1.82, 2.24) is 0 Å². The van der Waals surface area contributed by atoms with Crippen LogP contribution in [0.2, 0.25) is 0 Å². The molecule has 1 saturated heterocycles.